The van der Waals surface area contributed by atoms with Crippen LogP contribution >= 0.6 is 0 Å². The molecule has 2 rings (SSSR count). The van der Waals surface area contributed by atoms with Gasteiger partial charge in [-0.1, -0.05) is 18.9 Å². The molecule has 0 aromatic heterocycles. The monoisotopic (exact) mass is 300 g/mol. The van der Waals surface area contributed by atoms with E-state index in [-0.39, 0.29) is 12.6 Å². The van der Waals surface area contributed by atoms with Crippen molar-refractivity contribution in [3.8, 4) is 0 Å². The minimum Gasteiger partial charge on any atom is -0.386 e. The second-order valence-corrected chi connectivity index (χ2v) is 4.99. The molecule has 0 saturated heterocycles. The molecule has 1 aliphatic carbocycles. The summed E-state index contributed by atoms with van der Waals surface area (Å²) >= 11 is 0. The normalized spacial score (nSPS) is 16.7. The predicted octanol–water partition coefficient (Wildman–Crippen LogP) is 2.17. The lowest BCUT2D eigenvalue weighted by atomic mass is 10.1. The maximum Gasteiger partial charge on any atom is 0.338 e. The number of aliphatic hydroxyl groups is 1. The lowest BCUT2D eigenvalue weighted by Gasteiger charge is -2.15. The van der Waals surface area contributed by atoms with Gasteiger partial charge >= 0.3 is 6.03 Å². The van der Waals surface area contributed by atoms with Crippen LogP contribution in [0.2, 0.25) is 0 Å². The molecule has 0 heterocycles. The van der Waals surface area contributed by atoms with Crippen molar-refractivity contribution >= 4 is 6.03 Å². The van der Waals surface area contributed by atoms with Crippen molar-refractivity contribution in [3.63, 3.8) is 0 Å². The van der Waals surface area contributed by atoms with E-state index in [0.717, 1.165) is 37.8 Å². The van der Waals surface area contributed by atoms with Crippen molar-refractivity contribution in [3.05, 3.63) is 35.4 Å². The summed E-state index contributed by atoms with van der Waals surface area (Å²) in [6.07, 6.45) is 2.46. The average molecular weight is 300 g/mol. The van der Waals surface area contributed by atoms with Gasteiger partial charge in [0.05, 0.1) is 11.7 Å². The van der Waals surface area contributed by atoms with Crippen LogP contribution in [0.15, 0.2) is 18.2 Å². The quantitative estimate of drug-likeness (QED) is 0.730. The second-order valence-electron chi connectivity index (χ2n) is 4.99. The summed E-state index contributed by atoms with van der Waals surface area (Å²) in [5.41, 5.74) is 1.75. The molecule has 7 heteroatoms. The molecule has 1 atom stereocenters. The summed E-state index contributed by atoms with van der Waals surface area (Å²) in [7, 11) is 0. The Balaban J connectivity index is 1.77. The first-order valence-electron chi connectivity index (χ1n) is 6.89. The first-order valence-corrected chi connectivity index (χ1v) is 6.89. The molecule has 0 radical (unpaired) electrons. The molecule has 0 spiro atoms. The third-order valence-corrected chi connectivity index (χ3v) is 3.41. The maximum absolute atomic E-state index is 13.4. The van der Waals surface area contributed by atoms with Gasteiger partial charge < -0.3 is 10.4 Å². The SMILES string of the molecule is O=C(NCC(O)c1c(F)cccc1F)NOC1CCCC1. The molecule has 0 bridgehead atoms. The molecule has 1 aromatic carbocycles. The van der Waals surface area contributed by atoms with Gasteiger partial charge in [0.15, 0.2) is 0 Å². The highest BCUT2D eigenvalue weighted by atomic mass is 19.1. The van der Waals surface area contributed by atoms with Crippen molar-refractivity contribution in [2.24, 2.45) is 0 Å². The van der Waals surface area contributed by atoms with Crippen LogP contribution in [0.1, 0.15) is 37.4 Å². The number of hydroxylamine groups is 1. The summed E-state index contributed by atoms with van der Waals surface area (Å²) in [6, 6.07) is 2.64. The first kappa shape index (κ1) is 15.7. The number of halogens is 2. The lowest BCUT2D eigenvalue weighted by Crippen LogP contribution is -2.39. The molecule has 1 saturated carbocycles. The van der Waals surface area contributed by atoms with Gasteiger partial charge in [-0.05, 0) is 25.0 Å². The van der Waals surface area contributed by atoms with Gasteiger partial charge in [0.2, 0.25) is 0 Å². The standard InChI is InChI=1S/C14H18F2N2O3/c15-10-6-3-7-11(16)13(10)12(19)8-17-14(20)18-21-9-4-1-2-5-9/h3,6-7,9,12,19H,1-2,4-5,8H2,(H2,17,18,20). The topological polar surface area (TPSA) is 70.6 Å². The molecule has 1 unspecified atom stereocenters. The van der Waals surface area contributed by atoms with E-state index in [1.165, 1.54) is 6.07 Å². The third kappa shape index (κ3) is 4.37. The number of urea groups is 1. The van der Waals surface area contributed by atoms with E-state index in [1.54, 1.807) is 0 Å². The number of benzene rings is 1. The zero-order valence-electron chi connectivity index (χ0n) is 11.4. The van der Waals surface area contributed by atoms with E-state index in [1.807, 2.05) is 0 Å². The largest absolute Gasteiger partial charge is 0.386 e. The average Bonchev–Trinajstić information content (AvgIpc) is 2.96. The molecular weight excluding hydrogens is 282 g/mol. The Morgan fingerprint density at radius 2 is 1.95 bits per heavy atom. The van der Waals surface area contributed by atoms with E-state index >= 15 is 0 Å². The van der Waals surface area contributed by atoms with Crippen molar-refractivity contribution in [1.82, 2.24) is 10.8 Å². The number of carbonyl (C=O) groups excluding carboxylic acids is 1. The Morgan fingerprint density at radius 1 is 1.33 bits per heavy atom. The van der Waals surface area contributed by atoms with Gasteiger partial charge in [-0.15, -0.1) is 0 Å². The van der Waals surface area contributed by atoms with Crippen LogP contribution in [-0.4, -0.2) is 23.8 Å². The molecule has 1 aliphatic rings. The number of carbonyl (C=O) groups is 1. The van der Waals surface area contributed by atoms with Gasteiger partial charge in [-0.25, -0.2) is 19.1 Å². The highest BCUT2D eigenvalue weighted by Crippen LogP contribution is 2.20. The summed E-state index contributed by atoms with van der Waals surface area (Å²) in [4.78, 5) is 16.6. The van der Waals surface area contributed by atoms with Gasteiger partial charge in [0.25, 0.3) is 0 Å². The Hall–Kier alpha value is -1.73. The van der Waals surface area contributed by atoms with Crippen LogP contribution in [0.5, 0.6) is 0 Å². The fraction of sp³-hybridized carbons (Fsp3) is 0.500. The van der Waals surface area contributed by atoms with E-state index in [0.29, 0.717) is 0 Å². The molecule has 5 nitrogen and oxygen atoms in total. The molecule has 2 amide bonds. The van der Waals surface area contributed by atoms with Gasteiger partial charge in [0.1, 0.15) is 17.7 Å². The number of amides is 2. The Labute approximate surface area is 121 Å². The third-order valence-electron chi connectivity index (χ3n) is 3.41. The zero-order chi connectivity index (χ0) is 15.2. The van der Waals surface area contributed by atoms with E-state index in [4.69, 9.17) is 4.84 Å². The fourth-order valence-corrected chi connectivity index (χ4v) is 2.30. The van der Waals surface area contributed by atoms with Crippen molar-refractivity contribution in [2.75, 3.05) is 6.54 Å². The van der Waals surface area contributed by atoms with E-state index in [2.05, 4.69) is 10.8 Å². The van der Waals surface area contributed by atoms with Crippen molar-refractivity contribution < 1.29 is 23.5 Å². The number of hydrogen-bond acceptors (Lipinski definition) is 3. The summed E-state index contributed by atoms with van der Waals surface area (Å²) in [5.74, 6) is -1.71. The highest BCUT2D eigenvalue weighted by Gasteiger charge is 2.19. The fourth-order valence-electron chi connectivity index (χ4n) is 2.30. The van der Waals surface area contributed by atoms with E-state index in [9.17, 15) is 18.7 Å². The van der Waals surface area contributed by atoms with Crippen LogP contribution in [0, 0.1) is 11.6 Å². The van der Waals surface area contributed by atoms with Gasteiger partial charge in [-0.2, -0.15) is 0 Å². The minimum absolute atomic E-state index is 0.00434. The smallest absolute Gasteiger partial charge is 0.338 e. The zero-order valence-corrected chi connectivity index (χ0v) is 11.4. The second kappa shape index (κ2) is 7.33. The highest BCUT2D eigenvalue weighted by molar-refractivity contribution is 5.72. The molecule has 1 aromatic rings. The van der Waals surface area contributed by atoms with Crippen molar-refractivity contribution in [2.45, 2.75) is 37.9 Å². The first-order chi connectivity index (χ1) is 10.1. The lowest BCUT2D eigenvalue weighted by molar-refractivity contribution is -0.000456. The Bertz CT molecular complexity index is 473. The molecule has 21 heavy (non-hydrogen) atoms. The van der Waals surface area contributed by atoms with E-state index < -0.39 is 29.3 Å². The summed E-state index contributed by atoms with van der Waals surface area (Å²) in [6.45, 7) is -0.322. The molecule has 1 fully saturated rings. The van der Waals surface area contributed by atoms with Gasteiger partial charge in [-0.3, -0.25) is 4.84 Å². The van der Waals surface area contributed by atoms with Crippen LogP contribution in [-0.2, 0) is 4.84 Å². The number of hydrogen-bond donors (Lipinski definition) is 3. The Morgan fingerprint density at radius 3 is 2.57 bits per heavy atom. The van der Waals surface area contributed by atoms with Crippen LogP contribution in [0.4, 0.5) is 13.6 Å². The summed E-state index contributed by atoms with van der Waals surface area (Å²) < 4.78 is 26.8. The molecule has 116 valence electrons. The number of nitrogens with one attached hydrogen (secondary N) is 2. The number of aliphatic hydroxyl groups excluding tert-OH is 1. The number of rotatable bonds is 5. The van der Waals surface area contributed by atoms with Crippen LogP contribution < -0.4 is 10.8 Å². The van der Waals surface area contributed by atoms with Crippen LogP contribution in [0.3, 0.4) is 0 Å². The summed E-state index contributed by atoms with van der Waals surface area (Å²) in [5, 5.41) is 12.0. The molecular formula is C14H18F2N2O3. The molecule has 3 N–H and O–H groups in total. The Kier molecular flexibility index (Phi) is 5.46. The predicted molar refractivity (Wildman–Crippen MR) is 71.2 cm³/mol. The molecule has 0 aliphatic heterocycles. The minimum atomic E-state index is -1.47. The maximum atomic E-state index is 13.4. The van der Waals surface area contributed by atoms with Crippen molar-refractivity contribution in [1.29, 1.82) is 0 Å². The van der Waals surface area contributed by atoms with Gasteiger partial charge in [0, 0.05) is 6.54 Å². The van der Waals surface area contributed by atoms with Crippen LogP contribution in [0.25, 0.3) is 0 Å².